The second-order valence-corrected chi connectivity index (χ2v) is 6.66. The van der Waals surface area contributed by atoms with Crippen molar-refractivity contribution in [1.29, 1.82) is 0 Å². The molecule has 0 aliphatic rings. The maximum atomic E-state index is 12.5. The normalized spacial score (nSPS) is 11.4. The highest BCUT2D eigenvalue weighted by Crippen LogP contribution is 2.26. The fourth-order valence-electron chi connectivity index (χ4n) is 2.14. The number of fused-ring (bicyclic) bond motifs is 1. The van der Waals surface area contributed by atoms with Crippen molar-refractivity contribution in [2.75, 3.05) is 11.8 Å². The lowest BCUT2D eigenvalue weighted by Gasteiger charge is -2.10. The molecule has 23 heavy (non-hydrogen) atoms. The van der Waals surface area contributed by atoms with Crippen molar-refractivity contribution in [3.8, 4) is 5.75 Å². The van der Waals surface area contributed by atoms with Gasteiger partial charge < -0.3 is 4.74 Å². The van der Waals surface area contributed by atoms with Crippen LogP contribution >= 0.6 is 0 Å². The standard InChI is InChI=1S/C16H15N3O3S/c1-11-6-7-15(17-9-11)23(20,21)19-14-5-3-4-12-8-13(22-2)10-18-16(12)14/h3-10,19H,1-2H3. The topological polar surface area (TPSA) is 81.2 Å². The summed E-state index contributed by atoms with van der Waals surface area (Å²) in [6.07, 6.45) is 3.06. The van der Waals surface area contributed by atoms with Gasteiger partial charge in [0.05, 0.1) is 24.5 Å². The SMILES string of the molecule is COc1cnc2c(NS(=O)(=O)c3ccc(C)cn3)cccc2c1. The minimum atomic E-state index is -3.77. The molecule has 118 valence electrons. The van der Waals surface area contributed by atoms with E-state index in [2.05, 4.69) is 14.7 Å². The van der Waals surface area contributed by atoms with Crippen molar-refractivity contribution in [2.24, 2.45) is 0 Å². The Morgan fingerprint density at radius 3 is 2.61 bits per heavy atom. The van der Waals surface area contributed by atoms with Gasteiger partial charge in [-0.05, 0) is 30.7 Å². The van der Waals surface area contributed by atoms with Gasteiger partial charge >= 0.3 is 0 Å². The number of nitrogens with zero attached hydrogens (tertiary/aromatic N) is 2. The van der Waals surface area contributed by atoms with Crippen molar-refractivity contribution in [1.82, 2.24) is 9.97 Å². The second-order valence-electron chi connectivity index (χ2n) is 5.03. The van der Waals surface area contributed by atoms with Gasteiger partial charge in [0, 0.05) is 11.6 Å². The van der Waals surface area contributed by atoms with E-state index in [1.54, 1.807) is 37.6 Å². The number of aromatic nitrogens is 2. The summed E-state index contributed by atoms with van der Waals surface area (Å²) in [7, 11) is -2.22. The van der Waals surface area contributed by atoms with Crippen LogP contribution in [-0.4, -0.2) is 25.5 Å². The highest BCUT2D eigenvalue weighted by Gasteiger charge is 2.17. The minimum Gasteiger partial charge on any atom is -0.495 e. The molecule has 0 fully saturated rings. The molecule has 0 radical (unpaired) electrons. The maximum Gasteiger partial charge on any atom is 0.279 e. The van der Waals surface area contributed by atoms with Crippen LogP contribution < -0.4 is 9.46 Å². The summed E-state index contributed by atoms with van der Waals surface area (Å²) in [5.41, 5.74) is 1.83. The monoisotopic (exact) mass is 329 g/mol. The van der Waals surface area contributed by atoms with Gasteiger partial charge in [-0.25, -0.2) is 4.98 Å². The Labute approximate surface area is 134 Å². The van der Waals surface area contributed by atoms with E-state index in [1.165, 1.54) is 12.3 Å². The molecule has 2 aromatic heterocycles. The molecule has 7 heteroatoms. The fraction of sp³-hybridized carbons (Fsp3) is 0.125. The van der Waals surface area contributed by atoms with E-state index < -0.39 is 10.0 Å². The molecule has 2 heterocycles. The lowest BCUT2D eigenvalue weighted by atomic mass is 10.2. The number of rotatable bonds is 4. The maximum absolute atomic E-state index is 12.5. The van der Waals surface area contributed by atoms with Crippen LogP contribution in [0.4, 0.5) is 5.69 Å². The van der Waals surface area contributed by atoms with Gasteiger partial charge in [-0.3, -0.25) is 9.71 Å². The van der Waals surface area contributed by atoms with E-state index in [1.807, 2.05) is 13.0 Å². The predicted octanol–water partition coefficient (Wildman–Crippen LogP) is 2.75. The quantitative estimate of drug-likeness (QED) is 0.796. The van der Waals surface area contributed by atoms with Gasteiger partial charge in [0.1, 0.15) is 5.75 Å². The van der Waals surface area contributed by atoms with E-state index >= 15 is 0 Å². The Hall–Kier alpha value is -2.67. The van der Waals surface area contributed by atoms with Crippen molar-refractivity contribution >= 4 is 26.6 Å². The summed E-state index contributed by atoms with van der Waals surface area (Å²) >= 11 is 0. The molecule has 6 nitrogen and oxygen atoms in total. The fourth-order valence-corrected chi connectivity index (χ4v) is 3.14. The second kappa shape index (κ2) is 5.85. The van der Waals surface area contributed by atoms with Crippen LogP contribution in [0.25, 0.3) is 10.9 Å². The Kier molecular flexibility index (Phi) is 3.87. The highest BCUT2D eigenvalue weighted by molar-refractivity contribution is 7.92. The largest absolute Gasteiger partial charge is 0.495 e. The molecular weight excluding hydrogens is 314 g/mol. The highest BCUT2D eigenvalue weighted by atomic mass is 32.2. The lowest BCUT2D eigenvalue weighted by Crippen LogP contribution is -2.14. The Morgan fingerprint density at radius 1 is 1.09 bits per heavy atom. The van der Waals surface area contributed by atoms with Crippen LogP contribution in [0.5, 0.6) is 5.75 Å². The van der Waals surface area contributed by atoms with E-state index in [4.69, 9.17) is 4.74 Å². The van der Waals surface area contributed by atoms with Crippen LogP contribution in [0.15, 0.2) is 53.8 Å². The first-order valence-electron chi connectivity index (χ1n) is 6.88. The average molecular weight is 329 g/mol. The molecule has 0 saturated heterocycles. The third kappa shape index (κ3) is 3.09. The van der Waals surface area contributed by atoms with E-state index in [0.29, 0.717) is 17.0 Å². The number of sulfonamides is 1. The van der Waals surface area contributed by atoms with E-state index in [9.17, 15) is 8.42 Å². The van der Waals surface area contributed by atoms with Crippen LogP contribution in [0, 0.1) is 6.92 Å². The van der Waals surface area contributed by atoms with Gasteiger partial charge in [0.2, 0.25) is 0 Å². The molecule has 0 amide bonds. The zero-order valence-corrected chi connectivity index (χ0v) is 13.5. The number of hydrogen-bond donors (Lipinski definition) is 1. The summed E-state index contributed by atoms with van der Waals surface area (Å²) in [4.78, 5) is 8.23. The third-order valence-corrected chi connectivity index (χ3v) is 4.61. The van der Waals surface area contributed by atoms with Crippen molar-refractivity contribution < 1.29 is 13.2 Å². The molecule has 0 bridgehead atoms. The molecular formula is C16H15N3O3S. The average Bonchev–Trinajstić information content (AvgIpc) is 2.54. The lowest BCUT2D eigenvalue weighted by molar-refractivity contribution is 0.414. The zero-order valence-electron chi connectivity index (χ0n) is 12.6. The zero-order chi connectivity index (χ0) is 16.4. The minimum absolute atomic E-state index is 0.0337. The van der Waals surface area contributed by atoms with Gasteiger partial charge in [0.15, 0.2) is 5.03 Å². The Bertz CT molecular complexity index is 954. The number of nitrogens with one attached hydrogen (secondary N) is 1. The van der Waals surface area contributed by atoms with Crippen molar-refractivity contribution in [2.45, 2.75) is 11.9 Å². The number of para-hydroxylation sites is 1. The van der Waals surface area contributed by atoms with Gasteiger partial charge in [-0.15, -0.1) is 0 Å². The van der Waals surface area contributed by atoms with Gasteiger partial charge in [-0.2, -0.15) is 8.42 Å². The summed E-state index contributed by atoms with van der Waals surface area (Å²) in [5, 5.41) is 0.745. The van der Waals surface area contributed by atoms with Crippen molar-refractivity contribution in [3.63, 3.8) is 0 Å². The summed E-state index contributed by atoms with van der Waals surface area (Å²) in [6, 6.07) is 10.2. The number of pyridine rings is 2. The molecule has 1 N–H and O–H groups in total. The van der Waals surface area contributed by atoms with Crippen LogP contribution in [0.1, 0.15) is 5.56 Å². The number of benzene rings is 1. The molecule has 0 saturated carbocycles. The number of anilines is 1. The first-order chi connectivity index (χ1) is 11.0. The predicted molar refractivity (Wildman–Crippen MR) is 88.1 cm³/mol. The number of ether oxygens (including phenoxy) is 1. The number of hydrogen-bond acceptors (Lipinski definition) is 5. The Balaban J connectivity index is 2.02. The molecule has 3 rings (SSSR count). The third-order valence-electron chi connectivity index (χ3n) is 3.33. The first kappa shape index (κ1) is 15.2. The summed E-state index contributed by atoms with van der Waals surface area (Å²) in [5.74, 6) is 0.609. The summed E-state index contributed by atoms with van der Waals surface area (Å²) in [6.45, 7) is 1.85. The van der Waals surface area contributed by atoms with Crippen LogP contribution in [-0.2, 0) is 10.0 Å². The van der Waals surface area contributed by atoms with Crippen LogP contribution in [0.3, 0.4) is 0 Å². The number of aryl methyl sites for hydroxylation is 1. The van der Waals surface area contributed by atoms with Gasteiger partial charge in [0.25, 0.3) is 10.0 Å². The van der Waals surface area contributed by atoms with E-state index in [0.717, 1.165) is 10.9 Å². The molecule has 3 aromatic rings. The molecule has 0 aliphatic carbocycles. The smallest absolute Gasteiger partial charge is 0.279 e. The molecule has 0 aliphatic heterocycles. The molecule has 1 aromatic carbocycles. The first-order valence-corrected chi connectivity index (χ1v) is 8.36. The Morgan fingerprint density at radius 2 is 1.91 bits per heavy atom. The van der Waals surface area contributed by atoms with E-state index in [-0.39, 0.29) is 5.03 Å². The van der Waals surface area contributed by atoms with Crippen molar-refractivity contribution in [3.05, 3.63) is 54.4 Å². The van der Waals surface area contributed by atoms with Crippen LogP contribution in [0.2, 0.25) is 0 Å². The van der Waals surface area contributed by atoms with Gasteiger partial charge in [-0.1, -0.05) is 18.2 Å². The summed E-state index contributed by atoms with van der Waals surface area (Å²) < 4.78 is 32.6. The number of methoxy groups -OCH3 is 1. The molecule has 0 atom stereocenters. The molecule has 0 spiro atoms. The molecule has 0 unspecified atom stereocenters.